The lowest BCUT2D eigenvalue weighted by atomic mass is 10.1. The SMILES string of the molecule is COc1ccc(C(=O)Nc2cccc(C(=O)Nc3c(C)n[nH]c3C)c2)cc1. The number of carbonyl (C=O) groups excluding carboxylic acids is 2. The van der Waals surface area contributed by atoms with Crippen LogP contribution in [-0.4, -0.2) is 29.1 Å². The number of nitrogens with zero attached hydrogens (tertiary/aromatic N) is 1. The molecule has 0 saturated carbocycles. The predicted octanol–water partition coefficient (Wildman–Crippen LogP) is 3.54. The number of aromatic nitrogens is 2. The van der Waals surface area contributed by atoms with Gasteiger partial charge in [0.25, 0.3) is 11.8 Å². The minimum atomic E-state index is -0.275. The Morgan fingerprint density at radius 1 is 0.963 bits per heavy atom. The molecular weight excluding hydrogens is 344 g/mol. The van der Waals surface area contributed by atoms with Crippen LogP contribution in [0.15, 0.2) is 48.5 Å². The van der Waals surface area contributed by atoms with Gasteiger partial charge in [0, 0.05) is 16.8 Å². The number of aromatic amines is 1. The van der Waals surface area contributed by atoms with Gasteiger partial charge in [0.2, 0.25) is 0 Å². The maximum absolute atomic E-state index is 12.5. The number of ether oxygens (including phenoxy) is 1. The topological polar surface area (TPSA) is 96.1 Å². The van der Waals surface area contributed by atoms with Gasteiger partial charge in [-0.05, 0) is 56.3 Å². The van der Waals surface area contributed by atoms with Gasteiger partial charge in [0.15, 0.2) is 0 Å². The fraction of sp³-hybridized carbons (Fsp3) is 0.150. The average molecular weight is 364 g/mol. The van der Waals surface area contributed by atoms with E-state index in [0.717, 1.165) is 5.69 Å². The van der Waals surface area contributed by atoms with Crippen LogP contribution < -0.4 is 15.4 Å². The van der Waals surface area contributed by atoms with Crippen molar-refractivity contribution in [2.75, 3.05) is 17.7 Å². The van der Waals surface area contributed by atoms with E-state index in [-0.39, 0.29) is 11.8 Å². The first-order valence-corrected chi connectivity index (χ1v) is 8.36. The van der Waals surface area contributed by atoms with Crippen LogP contribution in [0.4, 0.5) is 11.4 Å². The van der Waals surface area contributed by atoms with E-state index in [0.29, 0.717) is 33.9 Å². The van der Waals surface area contributed by atoms with E-state index in [1.807, 2.05) is 13.8 Å². The molecule has 2 amide bonds. The van der Waals surface area contributed by atoms with Crippen LogP contribution in [0, 0.1) is 13.8 Å². The summed E-state index contributed by atoms with van der Waals surface area (Å²) in [4.78, 5) is 24.9. The largest absolute Gasteiger partial charge is 0.497 e. The van der Waals surface area contributed by atoms with Gasteiger partial charge in [-0.15, -0.1) is 0 Å². The summed E-state index contributed by atoms with van der Waals surface area (Å²) in [5.41, 5.74) is 3.62. The van der Waals surface area contributed by atoms with Gasteiger partial charge in [-0.3, -0.25) is 14.7 Å². The van der Waals surface area contributed by atoms with Gasteiger partial charge in [0.05, 0.1) is 24.2 Å². The van der Waals surface area contributed by atoms with E-state index in [9.17, 15) is 9.59 Å². The molecule has 0 aliphatic carbocycles. The second-order valence-electron chi connectivity index (χ2n) is 6.03. The maximum atomic E-state index is 12.5. The molecule has 3 aromatic rings. The van der Waals surface area contributed by atoms with Crippen molar-refractivity contribution in [3.8, 4) is 5.75 Å². The minimum absolute atomic E-state index is 0.267. The molecule has 1 heterocycles. The number of rotatable bonds is 5. The number of anilines is 2. The highest BCUT2D eigenvalue weighted by Crippen LogP contribution is 2.19. The number of hydrogen-bond acceptors (Lipinski definition) is 4. The van der Waals surface area contributed by atoms with Crippen molar-refractivity contribution in [3.63, 3.8) is 0 Å². The summed E-state index contributed by atoms with van der Waals surface area (Å²) >= 11 is 0. The summed E-state index contributed by atoms with van der Waals surface area (Å²) in [7, 11) is 1.57. The smallest absolute Gasteiger partial charge is 0.255 e. The van der Waals surface area contributed by atoms with Crippen LogP contribution in [0.2, 0.25) is 0 Å². The number of aryl methyl sites for hydroxylation is 2. The van der Waals surface area contributed by atoms with Crippen LogP contribution in [0.3, 0.4) is 0 Å². The highest BCUT2D eigenvalue weighted by atomic mass is 16.5. The number of carbonyl (C=O) groups is 2. The number of amides is 2. The third kappa shape index (κ3) is 4.14. The summed E-state index contributed by atoms with van der Waals surface area (Å²) in [6.07, 6.45) is 0. The first kappa shape index (κ1) is 18.2. The van der Waals surface area contributed by atoms with Gasteiger partial charge >= 0.3 is 0 Å². The molecule has 0 fully saturated rings. The molecule has 2 aromatic carbocycles. The molecule has 1 aromatic heterocycles. The minimum Gasteiger partial charge on any atom is -0.497 e. The molecule has 27 heavy (non-hydrogen) atoms. The number of H-pyrrole nitrogens is 1. The Balaban J connectivity index is 1.72. The quantitative estimate of drug-likeness (QED) is 0.645. The van der Waals surface area contributed by atoms with Crippen molar-refractivity contribution in [3.05, 3.63) is 71.0 Å². The zero-order valence-electron chi connectivity index (χ0n) is 15.3. The first-order chi connectivity index (χ1) is 13.0. The monoisotopic (exact) mass is 364 g/mol. The summed E-state index contributed by atoms with van der Waals surface area (Å²) in [5, 5.41) is 12.5. The van der Waals surface area contributed by atoms with Crippen molar-refractivity contribution in [2.24, 2.45) is 0 Å². The van der Waals surface area contributed by atoms with E-state index in [1.54, 1.807) is 55.6 Å². The number of benzene rings is 2. The molecule has 0 atom stereocenters. The van der Waals surface area contributed by atoms with Crippen LogP contribution >= 0.6 is 0 Å². The number of methoxy groups -OCH3 is 1. The molecule has 3 rings (SSSR count). The van der Waals surface area contributed by atoms with Crippen molar-refractivity contribution in [1.82, 2.24) is 10.2 Å². The van der Waals surface area contributed by atoms with Crippen LogP contribution in [0.25, 0.3) is 0 Å². The van der Waals surface area contributed by atoms with Crippen molar-refractivity contribution in [1.29, 1.82) is 0 Å². The van der Waals surface area contributed by atoms with E-state index < -0.39 is 0 Å². The van der Waals surface area contributed by atoms with Gasteiger partial charge in [-0.2, -0.15) is 5.10 Å². The van der Waals surface area contributed by atoms with Crippen molar-refractivity contribution >= 4 is 23.2 Å². The maximum Gasteiger partial charge on any atom is 0.255 e. The van der Waals surface area contributed by atoms with Crippen LogP contribution in [0.1, 0.15) is 32.1 Å². The third-order valence-electron chi connectivity index (χ3n) is 4.10. The Morgan fingerprint density at radius 2 is 1.67 bits per heavy atom. The van der Waals surface area contributed by atoms with Gasteiger partial charge in [0.1, 0.15) is 5.75 Å². The molecular formula is C20H20N4O3. The molecule has 0 aliphatic heterocycles. The van der Waals surface area contributed by atoms with Crippen LogP contribution in [-0.2, 0) is 0 Å². The molecule has 0 bridgehead atoms. The second kappa shape index (κ2) is 7.74. The van der Waals surface area contributed by atoms with E-state index >= 15 is 0 Å². The fourth-order valence-corrected chi connectivity index (χ4v) is 2.60. The molecule has 7 heteroatoms. The lowest BCUT2D eigenvalue weighted by molar-refractivity contribution is 0.101. The zero-order chi connectivity index (χ0) is 19.4. The summed E-state index contributed by atoms with van der Waals surface area (Å²) in [6, 6.07) is 13.5. The Kier molecular flexibility index (Phi) is 5.21. The van der Waals surface area contributed by atoms with Gasteiger partial charge in [-0.1, -0.05) is 6.07 Å². The zero-order valence-corrected chi connectivity index (χ0v) is 15.3. The standard InChI is InChI=1S/C20H20N4O3/c1-12-18(13(2)24-23-12)22-20(26)15-5-4-6-16(11-15)21-19(25)14-7-9-17(27-3)10-8-14/h4-11H,1-3H3,(H,21,25)(H,22,26)(H,23,24). The molecule has 0 unspecified atom stereocenters. The molecule has 0 saturated heterocycles. The van der Waals surface area contributed by atoms with E-state index in [4.69, 9.17) is 4.74 Å². The van der Waals surface area contributed by atoms with E-state index in [2.05, 4.69) is 20.8 Å². The molecule has 138 valence electrons. The number of nitrogens with one attached hydrogen (secondary N) is 3. The average Bonchev–Trinajstić information content (AvgIpc) is 3.00. The highest BCUT2D eigenvalue weighted by Gasteiger charge is 2.13. The lowest BCUT2D eigenvalue weighted by Crippen LogP contribution is -2.15. The fourth-order valence-electron chi connectivity index (χ4n) is 2.60. The predicted molar refractivity (Wildman–Crippen MR) is 103 cm³/mol. The van der Waals surface area contributed by atoms with Crippen molar-refractivity contribution < 1.29 is 14.3 Å². The molecule has 3 N–H and O–H groups in total. The highest BCUT2D eigenvalue weighted by molar-refractivity contribution is 6.07. The third-order valence-corrected chi connectivity index (χ3v) is 4.10. The van der Waals surface area contributed by atoms with Crippen LogP contribution in [0.5, 0.6) is 5.75 Å². The Bertz CT molecular complexity index is 958. The summed E-state index contributed by atoms with van der Waals surface area (Å²) < 4.78 is 5.09. The molecule has 0 aliphatic rings. The Labute approximate surface area is 156 Å². The first-order valence-electron chi connectivity index (χ1n) is 8.36. The molecule has 7 nitrogen and oxygen atoms in total. The summed E-state index contributed by atoms with van der Waals surface area (Å²) in [5.74, 6) is 0.134. The Morgan fingerprint density at radius 3 is 2.30 bits per heavy atom. The molecule has 0 radical (unpaired) electrons. The van der Waals surface area contributed by atoms with Crippen molar-refractivity contribution in [2.45, 2.75) is 13.8 Å². The number of hydrogen-bond donors (Lipinski definition) is 3. The van der Waals surface area contributed by atoms with Gasteiger partial charge < -0.3 is 15.4 Å². The summed E-state index contributed by atoms with van der Waals surface area (Å²) in [6.45, 7) is 3.64. The Hall–Kier alpha value is -3.61. The normalized spacial score (nSPS) is 10.3. The van der Waals surface area contributed by atoms with Gasteiger partial charge in [-0.25, -0.2) is 0 Å². The lowest BCUT2D eigenvalue weighted by Gasteiger charge is -2.09. The molecule has 0 spiro atoms. The van der Waals surface area contributed by atoms with E-state index in [1.165, 1.54) is 0 Å². The second-order valence-corrected chi connectivity index (χ2v) is 6.03.